The van der Waals surface area contributed by atoms with Gasteiger partial charge in [-0.2, -0.15) is 0 Å². The first-order valence-electron chi connectivity index (χ1n) is 26.8. The first-order chi connectivity index (χ1) is 35.4. The van der Waals surface area contributed by atoms with Crippen LogP contribution in [-0.2, 0) is 22.7 Å². The molecule has 0 saturated heterocycles. The molecule has 2 amide bonds. The molecule has 8 aromatic rings. The average molecular weight is 961 g/mol. The van der Waals surface area contributed by atoms with Gasteiger partial charge in [0, 0.05) is 95.7 Å². The fourth-order valence-corrected chi connectivity index (χ4v) is 11.6. The fraction of sp³-hybridized carbons (Fsp3) is 0.387. The molecular weight excluding hydrogens is 889 g/mol. The molecule has 2 aliphatic carbocycles. The number of fused-ring (bicyclic) bond motifs is 2. The van der Waals surface area contributed by atoms with Crippen LogP contribution in [0, 0.1) is 23.7 Å². The van der Waals surface area contributed by atoms with Crippen molar-refractivity contribution in [3.63, 3.8) is 0 Å². The van der Waals surface area contributed by atoms with E-state index >= 15 is 0 Å². The monoisotopic (exact) mass is 961 g/mol. The minimum atomic E-state index is 0.0859. The highest BCUT2D eigenvalue weighted by Gasteiger charge is 2.32. The molecule has 2 fully saturated rings. The minimum absolute atomic E-state index is 0.0859. The Balaban J connectivity index is 0.000000178. The Morgan fingerprint density at radius 2 is 0.972 bits per heavy atom. The summed E-state index contributed by atoms with van der Waals surface area (Å²) in [5.74, 6) is 1.61. The van der Waals surface area contributed by atoms with Gasteiger partial charge in [0.15, 0.2) is 0 Å². The molecule has 6 heterocycles. The first-order valence-corrected chi connectivity index (χ1v) is 26.8. The molecule has 10 rings (SSSR count). The van der Waals surface area contributed by atoms with E-state index < -0.39 is 0 Å². The molecule has 72 heavy (non-hydrogen) atoms. The Morgan fingerprint density at radius 1 is 0.514 bits per heavy atom. The summed E-state index contributed by atoms with van der Waals surface area (Å²) >= 11 is 0. The van der Waals surface area contributed by atoms with Crippen LogP contribution in [0.4, 0.5) is 0 Å². The Morgan fingerprint density at radius 3 is 1.44 bits per heavy atom. The lowest BCUT2D eigenvalue weighted by atomic mass is 9.85. The van der Waals surface area contributed by atoms with Crippen LogP contribution in [0.3, 0.4) is 0 Å². The molecule has 6 aromatic heterocycles. The standard InChI is InChI=1S/2C31H36N4O/c1-23(35-22-29(26-10-3-2-4-11-26)28-15-8-18-33-30(28)35)9-7-14-27(25-12-5-6-13-25)31(36)34-21-24-16-19-32-20-17-24;1-23(35-22-29(25-12-3-2-4-13-25)28-18-10-20-33-30(28)35)11-9-17-27(24-14-5-6-15-24)31(36)34-21-26-16-7-8-19-32-26/h2-4,8,10-11,15-20,22-23,25,27H,5-7,9,12-14,21H2,1H3,(H,34,36);2-4,7-8,10,12-13,16,18-20,22-24,27H,5-6,9,11,14-15,17,21H2,1H3,(H,34,36). The number of rotatable bonds is 20. The van der Waals surface area contributed by atoms with Gasteiger partial charge in [0.25, 0.3) is 0 Å². The maximum absolute atomic E-state index is 13.2. The third-order valence-electron chi connectivity index (χ3n) is 15.6. The number of hydrogen-bond donors (Lipinski definition) is 2. The Bertz CT molecular complexity index is 2720. The molecule has 0 radical (unpaired) electrons. The van der Waals surface area contributed by atoms with Crippen LogP contribution in [0.1, 0.15) is 127 Å². The lowest BCUT2D eigenvalue weighted by Crippen LogP contribution is -2.34. The van der Waals surface area contributed by atoms with E-state index in [1.54, 1.807) is 18.6 Å². The van der Waals surface area contributed by atoms with Gasteiger partial charge in [-0.3, -0.25) is 19.6 Å². The zero-order valence-corrected chi connectivity index (χ0v) is 42.3. The molecule has 10 nitrogen and oxygen atoms in total. The first kappa shape index (κ1) is 50.0. The van der Waals surface area contributed by atoms with E-state index in [1.165, 1.54) is 84.4 Å². The molecule has 4 atom stereocenters. The number of nitrogens with zero attached hydrogens (tertiary/aromatic N) is 6. The van der Waals surface area contributed by atoms with Crippen molar-refractivity contribution in [2.24, 2.45) is 23.7 Å². The van der Waals surface area contributed by atoms with Crippen molar-refractivity contribution in [2.45, 2.75) is 129 Å². The summed E-state index contributed by atoms with van der Waals surface area (Å²) in [5, 5.41) is 8.76. The van der Waals surface area contributed by atoms with Gasteiger partial charge >= 0.3 is 0 Å². The third-order valence-corrected chi connectivity index (χ3v) is 15.6. The third kappa shape index (κ3) is 12.6. The highest BCUT2D eigenvalue weighted by Crippen LogP contribution is 2.38. The molecule has 0 bridgehead atoms. The molecule has 2 aliphatic rings. The largest absolute Gasteiger partial charge is 0.352 e. The summed E-state index contributed by atoms with van der Waals surface area (Å²) in [6.07, 6.45) is 29.2. The summed E-state index contributed by atoms with van der Waals surface area (Å²) in [4.78, 5) is 44.4. The van der Waals surface area contributed by atoms with E-state index in [4.69, 9.17) is 9.97 Å². The predicted molar refractivity (Wildman–Crippen MR) is 291 cm³/mol. The summed E-state index contributed by atoms with van der Waals surface area (Å²) in [7, 11) is 0. The maximum Gasteiger partial charge on any atom is 0.223 e. The maximum atomic E-state index is 13.2. The van der Waals surface area contributed by atoms with Gasteiger partial charge in [0.1, 0.15) is 11.3 Å². The van der Waals surface area contributed by atoms with Crippen LogP contribution in [0.15, 0.2) is 159 Å². The molecule has 372 valence electrons. The van der Waals surface area contributed by atoms with Gasteiger partial charge in [-0.1, -0.05) is 105 Å². The molecule has 0 aliphatic heterocycles. The van der Waals surface area contributed by atoms with Gasteiger partial charge in [-0.15, -0.1) is 0 Å². The number of nitrogens with one attached hydrogen (secondary N) is 2. The SMILES string of the molecule is CC(CCCC(C(=O)NCc1ccccn1)C1CCCC1)n1cc(-c2ccccc2)c2cccnc21.CC(CCCC(C(=O)NCc1ccncc1)C1CCCC1)n1cc(-c2ccccc2)c2cccnc21. The van der Waals surface area contributed by atoms with Crippen LogP contribution >= 0.6 is 0 Å². The van der Waals surface area contributed by atoms with Gasteiger partial charge in [0.2, 0.25) is 11.8 Å². The number of hydrogen-bond acceptors (Lipinski definition) is 6. The van der Waals surface area contributed by atoms with Crippen molar-refractivity contribution < 1.29 is 9.59 Å². The summed E-state index contributed by atoms with van der Waals surface area (Å²) in [6.45, 7) is 5.62. The van der Waals surface area contributed by atoms with Crippen LogP contribution in [-0.4, -0.2) is 40.9 Å². The Kier molecular flexibility index (Phi) is 17.3. The highest BCUT2D eigenvalue weighted by molar-refractivity contribution is 5.95. The summed E-state index contributed by atoms with van der Waals surface area (Å²) in [6, 6.07) is 39.8. The van der Waals surface area contributed by atoms with Crippen molar-refractivity contribution >= 4 is 33.9 Å². The second kappa shape index (κ2) is 24.9. The number of amides is 2. The van der Waals surface area contributed by atoms with Gasteiger partial charge in [-0.05, 0) is 142 Å². The fourth-order valence-electron chi connectivity index (χ4n) is 11.6. The number of carbonyl (C=O) groups is 2. The molecule has 10 heteroatoms. The van der Waals surface area contributed by atoms with Crippen LogP contribution in [0.25, 0.3) is 44.3 Å². The molecule has 2 N–H and O–H groups in total. The van der Waals surface area contributed by atoms with E-state index in [0.717, 1.165) is 61.1 Å². The molecular formula is C62H72N8O2. The second-order valence-corrected chi connectivity index (χ2v) is 20.4. The lowest BCUT2D eigenvalue weighted by molar-refractivity contribution is -0.128. The van der Waals surface area contributed by atoms with Crippen molar-refractivity contribution in [2.75, 3.05) is 0 Å². The lowest BCUT2D eigenvalue weighted by Gasteiger charge is -2.24. The normalized spacial score (nSPS) is 15.7. The van der Waals surface area contributed by atoms with Crippen LogP contribution < -0.4 is 10.6 Å². The van der Waals surface area contributed by atoms with Crippen LogP contribution in [0.5, 0.6) is 0 Å². The van der Waals surface area contributed by atoms with E-state index in [1.807, 2.05) is 54.9 Å². The van der Waals surface area contributed by atoms with Gasteiger partial charge < -0.3 is 19.8 Å². The van der Waals surface area contributed by atoms with E-state index in [0.29, 0.717) is 37.0 Å². The number of benzene rings is 2. The highest BCUT2D eigenvalue weighted by atomic mass is 16.2. The van der Waals surface area contributed by atoms with Gasteiger partial charge in [-0.25, -0.2) is 9.97 Å². The van der Waals surface area contributed by atoms with E-state index in [9.17, 15) is 9.59 Å². The summed E-state index contributed by atoms with van der Waals surface area (Å²) in [5.41, 5.74) is 8.95. The summed E-state index contributed by atoms with van der Waals surface area (Å²) < 4.78 is 4.65. The smallest absolute Gasteiger partial charge is 0.223 e. The number of aromatic nitrogens is 6. The molecule has 0 spiro atoms. The Labute approximate surface area is 426 Å². The zero-order chi connectivity index (χ0) is 49.5. The second-order valence-electron chi connectivity index (χ2n) is 20.4. The Hall–Kier alpha value is -6.94. The molecule has 2 saturated carbocycles. The van der Waals surface area contributed by atoms with Crippen molar-refractivity contribution in [3.8, 4) is 22.3 Å². The molecule has 2 aromatic carbocycles. The van der Waals surface area contributed by atoms with E-state index in [2.05, 4.69) is 129 Å². The predicted octanol–water partition coefficient (Wildman–Crippen LogP) is 13.9. The van der Waals surface area contributed by atoms with Crippen molar-refractivity contribution in [1.82, 2.24) is 39.7 Å². The number of carbonyl (C=O) groups excluding carboxylic acids is 2. The minimum Gasteiger partial charge on any atom is -0.352 e. The average Bonchev–Trinajstić information content (AvgIpc) is 4.29. The van der Waals surface area contributed by atoms with Crippen LogP contribution in [0.2, 0.25) is 0 Å². The van der Waals surface area contributed by atoms with Crippen molar-refractivity contribution in [3.05, 3.63) is 170 Å². The van der Waals surface area contributed by atoms with E-state index in [-0.39, 0.29) is 23.7 Å². The zero-order valence-electron chi connectivity index (χ0n) is 42.3. The van der Waals surface area contributed by atoms with Crippen molar-refractivity contribution in [1.29, 1.82) is 0 Å². The number of pyridine rings is 4. The van der Waals surface area contributed by atoms with Gasteiger partial charge in [0.05, 0.1) is 12.2 Å². The topological polar surface area (TPSA) is 120 Å². The quantitative estimate of drug-likeness (QED) is 0.0785. The molecule has 4 unspecified atom stereocenters.